The fraction of sp³-hybridized carbons (Fsp3) is 0.562. The summed E-state index contributed by atoms with van der Waals surface area (Å²) in [7, 11) is 1.58. The number of ether oxygens (including phenoxy) is 2. The van der Waals surface area contributed by atoms with Crippen LogP contribution in [0.15, 0.2) is 18.2 Å². The van der Waals surface area contributed by atoms with E-state index < -0.39 is 0 Å². The van der Waals surface area contributed by atoms with Crippen LogP contribution in [-0.4, -0.2) is 44.5 Å². The second-order valence-electron chi connectivity index (χ2n) is 4.61. The molecule has 0 saturated carbocycles. The van der Waals surface area contributed by atoms with Crippen molar-refractivity contribution >= 4 is 6.29 Å². The normalized spacial score (nSPS) is 10.6. The van der Waals surface area contributed by atoms with E-state index in [0.29, 0.717) is 23.7 Å². The Morgan fingerprint density at radius 1 is 1.15 bits per heavy atom. The molecular formula is C16H25NO3. The largest absolute Gasteiger partial charge is 0.493 e. The summed E-state index contributed by atoms with van der Waals surface area (Å²) in [5, 5.41) is 0. The summed E-state index contributed by atoms with van der Waals surface area (Å²) in [4.78, 5) is 13.1. The van der Waals surface area contributed by atoms with Crippen LogP contribution in [0.4, 0.5) is 0 Å². The van der Waals surface area contributed by atoms with Gasteiger partial charge in [-0.2, -0.15) is 0 Å². The molecule has 0 radical (unpaired) electrons. The maximum Gasteiger partial charge on any atom is 0.161 e. The van der Waals surface area contributed by atoms with Gasteiger partial charge in [0.05, 0.1) is 13.7 Å². The van der Waals surface area contributed by atoms with Crippen LogP contribution in [0.25, 0.3) is 0 Å². The topological polar surface area (TPSA) is 38.8 Å². The van der Waals surface area contributed by atoms with Crippen LogP contribution in [-0.2, 0) is 0 Å². The van der Waals surface area contributed by atoms with Crippen molar-refractivity contribution in [1.29, 1.82) is 0 Å². The Labute approximate surface area is 121 Å². The summed E-state index contributed by atoms with van der Waals surface area (Å²) in [5.41, 5.74) is 0.593. The molecule has 0 amide bonds. The zero-order valence-electron chi connectivity index (χ0n) is 12.7. The van der Waals surface area contributed by atoms with Crippen LogP contribution in [0, 0.1) is 0 Å². The molecule has 1 aromatic carbocycles. The van der Waals surface area contributed by atoms with Gasteiger partial charge < -0.3 is 14.4 Å². The molecule has 1 aromatic rings. The average molecular weight is 279 g/mol. The van der Waals surface area contributed by atoms with Crippen LogP contribution >= 0.6 is 0 Å². The molecule has 0 aliphatic heterocycles. The smallest absolute Gasteiger partial charge is 0.161 e. The first kappa shape index (κ1) is 16.5. The predicted molar refractivity (Wildman–Crippen MR) is 80.9 cm³/mol. The monoisotopic (exact) mass is 279 g/mol. The molecule has 20 heavy (non-hydrogen) atoms. The molecule has 0 bridgehead atoms. The summed E-state index contributed by atoms with van der Waals surface area (Å²) in [6.07, 6.45) is 2.93. The Kier molecular flexibility index (Phi) is 7.73. The van der Waals surface area contributed by atoms with E-state index in [-0.39, 0.29) is 0 Å². The summed E-state index contributed by atoms with van der Waals surface area (Å²) < 4.78 is 10.9. The summed E-state index contributed by atoms with van der Waals surface area (Å²) in [5.74, 6) is 1.30. The number of rotatable bonds is 10. The highest BCUT2D eigenvalue weighted by atomic mass is 16.5. The first-order valence-corrected chi connectivity index (χ1v) is 7.23. The number of benzene rings is 1. The van der Waals surface area contributed by atoms with E-state index in [2.05, 4.69) is 18.7 Å². The Balaban J connectivity index is 2.36. The third kappa shape index (κ3) is 5.21. The van der Waals surface area contributed by atoms with E-state index >= 15 is 0 Å². The molecule has 0 saturated heterocycles. The molecule has 0 atom stereocenters. The molecule has 0 aliphatic rings. The standard InChI is InChI=1S/C16H25NO3/c1-4-17(5-2)10-6-7-11-20-15-9-8-14(13-18)12-16(15)19-3/h8-9,12-13H,4-7,10-11H2,1-3H3. The molecule has 0 heterocycles. The lowest BCUT2D eigenvalue weighted by atomic mass is 10.2. The van der Waals surface area contributed by atoms with Gasteiger partial charge in [0.1, 0.15) is 6.29 Å². The number of carbonyl (C=O) groups is 1. The first-order chi connectivity index (χ1) is 9.74. The fourth-order valence-corrected chi connectivity index (χ4v) is 2.04. The van der Waals surface area contributed by atoms with Gasteiger partial charge in [-0.3, -0.25) is 4.79 Å². The molecule has 4 nitrogen and oxygen atoms in total. The lowest BCUT2D eigenvalue weighted by Gasteiger charge is -2.17. The lowest BCUT2D eigenvalue weighted by molar-refractivity contribution is 0.112. The summed E-state index contributed by atoms with van der Waals surface area (Å²) >= 11 is 0. The number of hydrogen-bond acceptors (Lipinski definition) is 4. The number of aldehydes is 1. The van der Waals surface area contributed by atoms with Gasteiger partial charge in [-0.15, -0.1) is 0 Å². The third-order valence-corrected chi connectivity index (χ3v) is 3.34. The minimum absolute atomic E-state index is 0.593. The molecule has 0 aromatic heterocycles. The van der Waals surface area contributed by atoms with Crippen LogP contribution in [0.2, 0.25) is 0 Å². The molecule has 0 N–H and O–H groups in total. The highest BCUT2D eigenvalue weighted by Crippen LogP contribution is 2.27. The number of unbranched alkanes of at least 4 members (excludes halogenated alkanes) is 1. The van der Waals surface area contributed by atoms with Crippen molar-refractivity contribution < 1.29 is 14.3 Å². The van der Waals surface area contributed by atoms with Crippen molar-refractivity contribution in [3.05, 3.63) is 23.8 Å². The van der Waals surface area contributed by atoms with Crippen molar-refractivity contribution in [2.45, 2.75) is 26.7 Å². The van der Waals surface area contributed by atoms with Crippen molar-refractivity contribution in [3.8, 4) is 11.5 Å². The number of nitrogens with zero attached hydrogens (tertiary/aromatic N) is 1. The van der Waals surface area contributed by atoms with Gasteiger partial charge in [0.2, 0.25) is 0 Å². The second kappa shape index (κ2) is 9.37. The molecule has 112 valence electrons. The zero-order valence-corrected chi connectivity index (χ0v) is 12.7. The van der Waals surface area contributed by atoms with E-state index in [1.54, 1.807) is 25.3 Å². The minimum atomic E-state index is 0.593. The van der Waals surface area contributed by atoms with E-state index in [0.717, 1.165) is 38.8 Å². The first-order valence-electron chi connectivity index (χ1n) is 7.23. The zero-order chi connectivity index (χ0) is 14.8. The highest BCUT2D eigenvalue weighted by molar-refractivity contribution is 5.76. The van der Waals surface area contributed by atoms with Crippen molar-refractivity contribution in [2.24, 2.45) is 0 Å². The van der Waals surface area contributed by atoms with Gasteiger partial charge in [-0.1, -0.05) is 13.8 Å². The van der Waals surface area contributed by atoms with Gasteiger partial charge in [0, 0.05) is 5.56 Å². The van der Waals surface area contributed by atoms with Gasteiger partial charge in [-0.25, -0.2) is 0 Å². The van der Waals surface area contributed by atoms with Crippen molar-refractivity contribution in [1.82, 2.24) is 4.90 Å². The van der Waals surface area contributed by atoms with Gasteiger partial charge in [0.25, 0.3) is 0 Å². The third-order valence-electron chi connectivity index (χ3n) is 3.34. The van der Waals surface area contributed by atoms with E-state index in [4.69, 9.17) is 9.47 Å². The van der Waals surface area contributed by atoms with E-state index in [9.17, 15) is 4.79 Å². The Bertz CT molecular complexity index is 403. The average Bonchev–Trinajstić information content (AvgIpc) is 2.50. The van der Waals surface area contributed by atoms with Gasteiger partial charge in [-0.05, 0) is 50.7 Å². The van der Waals surface area contributed by atoms with Crippen LogP contribution in [0.1, 0.15) is 37.0 Å². The molecule has 0 spiro atoms. The maximum atomic E-state index is 10.7. The van der Waals surface area contributed by atoms with Crippen LogP contribution in [0.5, 0.6) is 11.5 Å². The Morgan fingerprint density at radius 2 is 1.90 bits per heavy atom. The molecule has 0 aliphatic carbocycles. The van der Waals surface area contributed by atoms with E-state index in [1.807, 2.05) is 0 Å². The number of hydrogen-bond donors (Lipinski definition) is 0. The van der Waals surface area contributed by atoms with E-state index in [1.165, 1.54) is 0 Å². The molecule has 4 heteroatoms. The molecular weight excluding hydrogens is 254 g/mol. The SMILES string of the molecule is CCN(CC)CCCCOc1ccc(C=O)cc1OC. The maximum absolute atomic E-state index is 10.7. The highest BCUT2D eigenvalue weighted by Gasteiger charge is 2.05. The number of carbonyl (C=O) groups excluding carboxylic acids is 1. The van der Waals surface area contributed by atoms with Crippen LogP contribution < -0.4 is 9.47 Å². The van der Waals surface area contributed by atoms with Gasteiger partial charge >= 0.3 is 0 Å². The lowest BCUT2D eigenvalue weighted by Crippen LogP contribution is -2.24. The molecule has 0 unspecified atom stereocenters. The molecule has 0 fully saturated rings. The van der Waals surface area contributed by atoms with Crippen molar-refractivity contribution in [3.63, 3.8) is 0 Å². The Hall–Kier alpha value is -1.55. The summed E-state index contributed by atoms with van der Waals surface area (Å²) in [6.45, 7) is 8.32. The predicted octanol–water partition coefficient (Wildman–Crippen LogP) is 3.01. The summed E-state index contributed by atoms with van der Waals surface area (Å²) in [6, 6.07) is 5.21. The quantitative estimate of drug-likeness (QED) is 0.487. The minimum Gasteiger partial charge on any atom is -0.493 e. The van der Waals surface area contributed by atoms with Crippen molar-refractivity contribution in [2.75, 3.05) is 33.4 Å². The number of methoxy groups -OCH3 is 1. The second-order valence-corrected chi connectivity index (χ2v) is 4.61. The van der Waals surface area contributed by atoms with Crippen LogP contribution in [0.3, 0.4) is 0 Å². The van der Waals surface area contributed by atoms with Gasteiger partial charge in [0.15, 0.2) is 11.5 Å². The molecule has 1 rings (SSSR count). The fourth-order valence-electron chi connectivity index (χ4n) is 2.04. The Morgan fingerprint density at radius 3 is 2.50 bits per heavy atom.